The van der Waals surface area contributed by atoms with Crippen LogP contribution in [0.4, 0.5) is 4.39 Å². The van der Waals surface area contributed by atoms with Crippen molar-refractivity contribution in [2.45, 2.75) is 13.2 Å². The van der Waals surface area contributed by atoms with Gasteiger partial charge in [0.2, 0.25) is 0 Å². The number of hydrogen-bond acceptors (Lipinski definition) is 1. The zero-order chi connectivity index (χ0) is 8.97. The lowest BCUT2D eigenvalue weighted by Gasteiger charge is -2.01. The maximum Gasteiger partial charge on any atom is 0.168 e. The van der Waals surface area contributed by atoms with Crippen LogP contribution in [0.25, 0.3) is 5.57 Å². The summed E-state index contributed by atoms with van der Waals surface area (Å²) in [5.74, 6) is 0. The SMILES string of the molecule is CC(=CC(N)F)c1ccccc1. The Labute approximate surface area is 71.7 Å². The van der Waals surface area contributed by atoms with Crippen molar-refractivity contribution in [3.8, 4) is 0 Å². The van der Waals surface area contributed by atoms with Crippen LogP contribution in [0.5, 0.6) is 0 Å². The minimum Gasteiger partial charge on any atom is -0.298 e. The van der Waals surface area contributed by atoms with Gasteiger partial charge in [0, 0.05) is 0 Å². The molecule has 1 aromatic rings. The van der Waals surface area contributed by atoms with E-state index in [1.807, 2.05) is 37.3 Å². The summed E-state index contributed by atoms with van der Waals surface area (Å²) < 4.78 is 12.3. The van der Waals surface area contributed by atoms with Crippen molar-refractivity contribution in [2.24, 2.45) is 5.73 Å². The molecule has 1 atom stereocenters. The van der Waals surface area contributed by atoms with Gasteiger partial charge >= 0.3 is 0 Å². The Kier molecular flexibility index (Phi) is 3.00. The van der Waals surface area contributed by atoms with Crippen molar-refractivity contribution in [3.63, 3.8) is 0 Å². The van der Waals surface area contributed by atoms with Gasteiger partial charge in [0.05, 0.1) is 0 Å². The van der Waals surface area contributed by atoms with Crippen molar-refractivity contribution < 1.29 is 4.39 Å². The number of rotatable bonds is 2. The van der Waals surface area contributed by atoms with E-state index in [9.17, 15) is 4.39 Å². The van der Waals surface area contributed by atoms with Crippen LogP contribution in [-0.4, -0.2) is 6.30 Å². The monoisotopic (exact) mass is 165 g/mol. The molecule has 0 heterocycles. The van der Waals surface area contributed by atoms with Crippen molar-refractivity contribution in [1.82, 2.24) is 0 Å². The average Bonchev–Trinajstić information content (AvgIpc) is 2.05. The Morgan fingerprint density at radius 1 is 1.42 bits per heavy atom. The standard InChI is InChI=1S/C10H12FN/c1-8(7-10(11)12)9-5-3-2-4-6-9/h2-7,10H,12H2,1H3. The summed E-state index contributed by atoms with van der Waals surface area (Å²) in [5.41, 5.74) is 6.86. The summed E-state index contributed by atoms with van der Waals surface area (Å²) in [6.45, 7) is 1.84. The first kappa shape index (κ1) is 8.94. The molecule has 0 aliphatic rings. The van der Waals surface area contributed by atoms with Crippen molar-refractivity contribution in [1.29, 1.82) is 0 Å². The van der Waals surface area contributed by atoms with E-state index in [0.717, 1.165) is 11.1 Å². The summed E-state index contributed by atoms with van der Waals surface area (Å²) in [5, 5.41) is 0. The van der Waals surface area contributed by atoms with Gasteiger partial charge in [-0.15, -0.1) is 0 Å². The van der Waals surface area contributed by atoms with E-state index in [0.29, 0.717) is 0 Å². The van der Waals surface area contributed by atoms with Crippen LogP contribution in [0.15, 0.2) is 36.4 Å². The highest BCUT2D eigenvalue weighted by Gasteiger charge is 1.96. The third kappa shape index (κ3) is 2.47. The Hall–Kier alpha value is -1.15. The van der Waals surface area contributed by atoms with Gasteiger partial charge in [0.15, 0.2) is 6.30 Å². The van der Waals surface area contributed by atoms with E-state index in [1.54, 1.807) is 0 Å². The fraction of sp³-hybridized carbons (Fsp3) is 0.200. The van der Waals surface area contributed by atoms with Gasteiger partial charge < -0.3 is 0 Å². The van der Waals surface area contributed by atoms with Crippen LogP contribution in [0.3, 0.4) is 0 Å². The topological polar surface area (TPSA) is 26.0 Å². The lowest BCUT2D eigenvalue weighted by Crippen LogP contribution is -2.09. The van der Waals surface area contributed by atoms with E-state index in [4.69, 9.17) is 5.73 Å². The normalized spacial score (nSPS) is 14.4. The zero-order valence-electron chi connectivity index (χ0n) is 7.00. The van der Waals surface area contributed by atoms with Gasteiger partial charge in [-0.1, -0.05) is 30.3 Å². The lowest BCUT2D eigenvalue weighted by molar-refractivity contribution is 0.413. The molecule has 0 bridgehead atoms. The molecule has 0 aliphatic carbocycles. The summed E-state index contributed by atoms with van der Waals surface area (Å²) in [6, 6.07) is 9.60. The van der Waals surface area contributed by atoms with Gasteiger partial charge in [-0.25, -0.2) is 4.39 Å². The number of halogens is 1. The molecule has 1 unspecified atom stereocenters. The number of nitrogens with two attached hydrogens (primary N) is 1. The molecule has 12 heavy (non-hydrogen) atoms. The second-order valence-corrected chi connectivity index (χ2v) is 2.66. The predicted octanol–water partition coefficient (Wildman–Crippen LogP) is 2.34. The summed E-state index contributed by atoms with van der Waals surface area (Å²) >= 11 is 0. The van der Waals surface area contributed by atoms with Gasteiger partial charge in [-0.05, 0) is 24.1 Å². The summed E-state index contributed by atoms with van der Waals surface area (Å²) in [6.07, 6.45) is 0.0280. The Balaban J connectivity index is 2.85. The molecule has 64 valence electrons. The molecule has 0 aliphatic heterocycles. The molecule has 2 N–H and O–H groups in total. The van der Waals surface area contributed by atoms with E-state index >= 15 is 0 Å². The molecule has 1 nitrogen and oxygen atoms in total. The smallest absolute Gasteiger partial charge is 0.168 e. The van der Waals surface area contributed by atoms with Crippen LogP contribution in [0, 0.1) is 0 Å². The van der Waals surface area contributed by atoms with Gasteiger partial charge in [0.25, 0.3) is 0 Å². The molecule has 0 saturated carbocycles. The first-order valence-electron chi connectivity index (χ1n) is 3.83. The zero-order valence-corrected chi connectivity index (χ0v) is 7.00. The molecule has 0 radical (unpaired) electrons. The van der Waals surface area contributed by atoms with Crippen LogP contribution in [0.2, 0.25) is 0 Å². The molecule has 0 fully saturated rings. The largest absolute Gasteiger partial charge is 0.298 e. The van der Waals surface area contributed by atoms with Gasteiger partial charge in [-0.2, -0.15) is 0 Å². The second-order valence-electron chi connectivity index (χ2n) is 2.66. The maximum absolute atomic E-state index is 12.3. The first-order valence-corrected chi connectivity index (χ1v) is 3.83. The van der Waals surface area contributed by atoms with Gasteiger partial charge in [-0.3, -0.25) is 5.73 Å². The van der Waals surface area contributed by atoms with Crippen molar-refractivity contribution in [3.05, 3.63) is 42.0 Å². The fourth-order valence-corrected chi connectivity index (χ4v) is 1.04. The molecular formula is C10H12FN. The number of allylic oxidation sites excluding steroid dienone is 1. The van der Waals surface area contributed by atoms with Crippen LogP contribution >= 0.6 is 0 Å². The highest BCUT2D eigenvalue weighted by molar-refractivity contribution is 5.63. The maximum atomic E-state index is 12.3. The molecule has 2 heteroatoms. The van der Waals surface area contributed by atoms with Crippen molar-refractivity contribution >= 4 is 5.57 Å². The average molecular weight is 165 g/mol. The third-order valence-electron chi connectivity index (χ3n) is 1.64. The number of hydrogen-bond donors (Lipinski definition) is 1. The minimum atomic E-state index is -1.37. The molecule has 0 saturated heterocycles. The van der Waals surface area contributed by atoms with E-state index in [-0.39, 0.29) is 0 Å². The molecule has 1 rings (SSSR count). The summed E-state index contributed by atoms with van der Waals surface area (Å²) in [4.78, 5) is 0. The molecule has 1 aromatic carbocycles. The molecule has 0 aromatic heterocycles. The minimum absolute atomic E-state index is 0.866. The highest BCUT2D eigenvalue weighted by Crippen LogP contribution is 2.12. The molecule has 0 spiro atoms. The lowest BCUT2D eigenvalue weighted by atomic mass is 10.1. The fourth-order valence-electron chi connectivity index (χ4n) is 1.04. The van der Waals surface area contributed by atoms with Gasteiger partial charge in [0.1, 0.15) is 0 Å². The predicted molar refractivity (Wildman–Crippen MR) is 49.2 cm³/mol. The van der Waals surface area contributed by atoms with Crippen LogP contribution < -0.4 is 5.73 Å². The van der Waals surface area contributed by atoms with Crippen LogP contribution in [0.1, 0.15) is 12.5 Å². The number of alkyl halides is 1. The van der Waals surface area contributed by atoms with Crippen LogP contribution in [-0.2, 0) is 0 Å². The van der Waals surface area contributed by atoms with E-state index in [2.05, 4.69) is 0 Å². The first-order chi connectivity index (χ1) is 5.70. The highest BCUT2D eigenvalue weighted by atomic mass is 19.1. The Morgan fingerprint density at radius 3 is 2.50 bits per heavy atom. The second kappa shape index (κ2) is 4.02. The quantitative estimate of drug-likeness (QED) is 0.669. The third-order valence-corrected chi connectivity index (χ3v) is 1.64. The van der Waals surface area contributed by atoms with E-state index in [1.165, 1.54) is 6.08 Å². The molecular weight excluding hydrogens is 153 g/mol. The van der Waals surface area contributed by atoms with E-state index < -0.39 is 6.30 Å². The Morgan fingerprint density at radius 2 is 2.00 bits per heavy atom. The van der Waals surface area contributed by atoms with Crippen molar-refractivity contribution in [2.75, 3.05) is 0 Å². The summed E-state index contributed by atoms with van der Waals surface area (Å²) in [7, 11) is 0. The molecule has 0 amide bonds. The number of benzene rings is 1. The Bertz CT molecular complexity index is 264.